The van der Waals surface area contributed by atoms with Gasteiger partial charge in [-0.3, -0.25) is 0 Å². The number of aryl methyl sites for hydroxylation is 4. The van der Waals surface area contributed by atoms with Crippen LogP contribution in [0.2, 0.25) is 5.02 Å². The van der Waals surface area contributed by atoms with Crippen LogP contribution in [-0.2, 0) is 18.3 Å². The van der Waals surface area contributed by atoms with Crippen molar-refractivity contribution in [2.75, 3.05) is 18.1 Å². The molecule has 0 aliphatic carbocycles. The molecule has 0 spiro atoms. The number of hydrogen-bond acceptors (Lipinski definition) is 4. The molecule has 0 unspecified atom stereocenters. The van der Waals surface area contributed by atoms with E-state index in [-0.39, 0.29) is 24.0 Å². The summed E-state index contributed by atoms with van der Waals surface area (Å²) in [6, 6.07) is 8.01. The molecular formula is C27H29ClIN3O3. The van der Waals surface area contributed by atoms with Gasteiger partial charge in [-0.2, -0.15) is 0 Å². The van der Waals surface area contributed by atoms with Crippen LogP contribution in [0.25, 0.3) is 16.6 Å². The Morgan fingerprint density at radius 3 is 2.63 bits per heavy atom. The van der Waals surface area contributed by atoms with Crippen molar-refractivity contribution in [3.8, 4) is 5.75 Å². The van der Waals surface area contributed by atoms with Crippen LogP contribution in [0.5, 0.6) is 5.75 Å². The van der Waals surface area contributed by atoms with Crippen molar-refractivity contribution < 1.29 is 42.8 Å². The Balaban J connectivity index is 0.00000289. The van der Waals surface area contributed by atoms with Gasteiger partial charge in [0.15, 0.2) is 16.8 Å². The molecule has 8 heteroatoms. The Kier molecular flexibility index (Phi) is 7.20. The Morgan fingerprint density at radius 1 is 1.17 bits per heavy atom. The molecule has 5 rings (SSSR count). The van der Waals surface area contributed by atoms with Crippen molar-refractivity contribution in [2.45, 2.75) is 40.7 Å². The Hall–Kier alpha value is -2.52. The Morgan fingerprint density at radius 2 is 1.91 bits per heavy atom. The lowest BCUT2D eigenvalue weighted by atomic mass is 10.1. The molecule has 0 amide bonds. The highest BCUT2D eigenvalue weighted by Crippen LogP contribution is 2.41. The second-order valence-electron chi connectivity index (χ2n) is 8.77. The van der Waals surface area contributed by atoms with Gasteiger partial charge in [-0.1, -0.05) is 11.6 Å². The van der Waals surface area contributed by atoms with E-state index >= 15 is 0 Å². The van der Waals surface area contributed by atoms with Crippen molar-refractivity contribution >= 4 is 39.9 Å². The first-order valence-corrected chi connectivity index (χ1v) is 12.1. The summed E-state index contributed by atoms with van der Waals surface area (Å²) in [7, 11) is 2.02. The molecule has 0 N–H and O–H groups in total. The molecule has 0 saturated carbocycles. The maximum Gasteiger partial charge on any atom is 0.339 e. The summed E-state index contributed by atoms with van der Waals surface area (Å²) < 4.78 is 15.8. The molecule has 2 aliphatic rings. The van der Waals surface area contributed by atoms with E-state index in [2.05, 4.69) is 59.1 Å². The average molecular weight is 606 g/mol. The van der Waals surface area contributed by atoms with Gasteiger partial charge in [0.2, 0.25) is 5.88 Å². The first-order valence-electron chi connectivity index (χ1n) is 11.7. The van der Waals surface area contributed by atoms with Crippen LogP contribution in [0.3, 0.4) is 0 Å². The lowest BCUT2D eigenvalue weighted by molar-refractivity contribution is -0.647. The molecule has 0 fully saturated rings. The number of benzene rings is 2. The number of esters is 1. The average Bonchev–Trinajstić information content (AvgIpc) is 3.45. The Labute approximate surface area is 227 Å². The largest absolute Gasteiger partial charge is 1.00 e. The zero-order chi connectivity index (χ0) is 24.1. The van der Waals surface area contributed by atoms with Crippen LogP contribution in [-0.4, -0.2) is 23.7 Å². The predicted octanol–water partition coefficient (Wildman–Crippen LogP) is 2.46. The molecule has 0 atom stereocenters. The standard InChI is InChI=1S/C27H29ClN3O3.HI/c1-6-30-23-12-16(3)17(4)13-24(23)34-25(30)9-8-18-10-11-31-22-15-20(28)19(27(32)33-7-2)14-21(22)29(5)26(18)31;/h8-9,12-15H,6-7,10-11H2,1-5H3;1H/q+1;/p-1. The third-order valence-electron chi connectivity index (χ3n) is 6.77. The highest BCUT2D eigenvalue weighted by atomic mass is 127. The van der Waals surface area contributed by atoms with Gasteiger partial charge in [0.25, 0.3) is 5.82 Å². The smallest absolute Gasteiger partial charge is 0.339 e. The van der Waals surface area contributed by atoms with Crippen LogP contribution in [0.1, 0.15) is 47.6 Å². The van der Waals surface area contributed by atoms with Gasteiger partial charge in [0.1, 0.15) is 0 Å². The number of carbonyl (C=O) groups is 1. The fourth-order valence-electron chi connectivity index (χ4n) is 4.90. The highest BCUT2D eigenvalue weighted by Gasteiger charge is 2.33. The summed E-state index contributed by atoms with van der Waals surface area (Å²) in [5.41, 5.74) is 7.16. The van der Waals surface area contributed by atoms with Crippen LogP contribution in [0.15, 0.2) is 42.3 Å². The molecule has 0 bridgehead atoms. The van der Waals surface area contributed by atoms with Gasteiger partial charge in [0.05, 0.1) is 36.5 Å². The normalized spacial score (nSPS) is 16.5. The van der Waals surface area contributed by atoms with E-state index in [4.69, 9.17) is 21.1 Å². The summed E-state index contributed by atoms with van der Waals surface area (Å²) >= 11 is 6.46. The number of imidazole rings is 1. The van der Waals surface area contributed by atoms with Crippen molar-refractivity contribution in [1.82, 2.24) is 4.57 Å². The number of anilines is 1. The number of carbonyl (C=O) groups excluding carboxylic acids is 1. The lowest BCUT2D eigenvalue weighted by Crippen LogP contribution is -3.00. The highest BCUT2D eigenvalue weighted by molar-refractivity contribution is 6.34. The van der Waals surface area contributed by atoms with E-state index < -0.39 is 5.97 Å². The minimum Gasteiger partial charge on any atom is -1.00 e. The molecule has 1 aromatic heterocycles. The van der Waals surface area contributed by atoms with Gasteiger partial charge in [-0.05, 0) is 63.1 Å². The second kappa shape index (κ2) is 9.85. The molecule has 184 valence electrons. The fourth-order valence-corrected chi connectivity index (χ4v) is 5.14. The van der Waals surface area contributed by atoms with Gasteiger partial charge < -0.3 is 38.4 Å². The van der Waals surface area contributed by atoms with Crippen molar-refractivity contribution in [3.63, 3.8) is 0 Å². The quantitative estimate of drug-likeness (QED) is 0.261. The van der Waals surface area contributed by atoms with Gasteiger partial charge in [-0.25, -0.2) is 13.9 Å². The molecule has 2 aliphatic heterocycles. The zero-order valence-electron chi connectivity index (χ0n) is 20.6. The third-order valence-corrected chi connectivity index (χ3v) is 7.08. The number of allylic oxidation sites excluding steroid dienone is 3. The molecule has 35 heavy (non-hydrogen) atoms. The molecule has 3 aromatic rings. The van der Waals surface area contributed by atoms with E-state index in [1.165, 1.54) is 16.7 Å². The number of aromatic nitrogens is 2. The number of rotatable bonds is 4. The van der Waals surface area contributed by atoms with E-state index in [1.54, 1.807) is 6.92 Å². The van der Waals surface area contributed by atoms with Crippen molar-refractivity contribution in [1.29, 1.82) is 0 Å². The summed E-state index contributed by atoms with van der Waals surface area (Å²) in [6.45, 7) is 10.2. The number of hydrogen-bond donors (Lipinski definition) is 0. The SMILES string of the molecule is CCOC(=O)c1cc2c(cc1Cl)n1c([n+]2C)C(=CC=C2Oc3cc(C)c(C)cc3N2CC)CC1.[I-]. The van der Waals surface area contributed by atoms with E-state index in [0.717, 1.165) is 53.7 Å². The topological polar surface area (TPSA) is 47.6 Å². The van der Waals surface area contributed by atoms with Gasteiger partial charge >= 0.3 is 5.97 Å². The van der Waals surface area contributed by atoms with Gasteiger partial charge in [-0.15, -0.1) is 0 Å². The molecule has 0 radical (unpaired) electrons. The van der Waals surface area contributed by atoms with E-state index in [1.807, 2.05) is 19.2 Å². The molecular weight excluding hydrogens is 577 g/mol. The summed E-state index contributed by atoms with van der Waals surface area (Å²) in [6.07, 6.45) is 5.13. The first kappa shape index (κ1) is 25.6. The molecule has 2 aromatic carbocycles. The number of fused-ring (bicyclic) bond motifs is 4. The van der Waals surface area contributed by atoms with Crippen LogP contribution in [0, 0.1) is 13.8 Å². The van der Waals surface area contributed by atoms with Crippen molar-refractivity contribution in [3.05, 3.63) is 69.8 Å². The monoisotopic (exact) mass is 605 g/mol. The summed E-state index contributed by atoms with van der Waals surface area (Å²) in [4.78, 5) is 14.5. The fraction of sp³-hybridized carbons (Fsp3) is 0.333. The summed E-state index contributed by atoms with van der Waals surface area (Å²) in [5.74, 6) is 2.44. The van der Waals surface area contributed by atoms with E-state index in [0.29, 0.717) is 17.2 Å². The van der Waals surface area contributed by atoms with Crippen molar-refractivity contribution in [2.24, 2.45) is 7.05 Å². The van der Waals surface area contributed by atoms with Crippen LogP contribution >= 0.6 is 11.6 Å². The molecule has 6 nitrogen and oxygen atoms in total. The molecule has 0 saturated heterocycles. The number of nitrogens with zero attached hydrogens (tertiary/aromatic N) is 3. The lowest BCUT2D eigenvalue weighted by Gasteiger charge is -2.15. The maximum atomic E-state index is 12.3. The molecule has 3 heterocycles. The van der Waals surface area contributed by atoms with Crippen LogP contribution < -0.4 is 38.2 Å². The minimum atomic E-state index is -0.399. The second-order valence-corrected chi connectivity index (χ2v) is 9.18. The zero-order valence-corrected chi connectivity index (χ0v) is 23.5. The number of halogens is 2. The number of ether oxygens (including phenoxy) is 2. The summed E-state index contributed by atoms with van der Waals surface area (Å²) in [5, 5.41) is 0.410. The van der Waals surface area contributed by atoms with Crippen LogP contribution in [0.4, 0.5) is 5.69 Å². The predicted molar refractivity (Wildman–Crippen MR) is 134 cm³/mol. The first-order chi connectivity index (χ1) is 16.3. The Bertz CT molecular complexity index is 1410. The third kappa shape index (κ3) is 4.22. The van der Waals surface area contributed by atoms with Gasteiger partial charge in [0, 0.05) is 30.7 Å². The van der Waals surface area contributed by atoms with E-state index in [9.17, 15) is 4.79 Å². The maximum absolute atomic E-state index is 12.3. The minimum absolute atomic E-state index is 0.